The number of aromatic nitrogens is 3. The van der Waals surface area contributed by atoms with Crippen molar-refractivity contribution >= 4 is 22.5 Å². The molecule has 0 bridgehead atoms. The van der Waals surface area contributed by atoms with E-state index in [1.807, 2.05) is 11.8 Å². The maximum atomic E-state index is 4.50. The lowest BCUT2D eigenvalue weighted by molar-refractivity contribution is 0.631. The number of hydrogen-bond donors (Lipinski definition) is 0. The maximum Gasteiger partial charge on any atom is 0.191 e. The molecule has 2 aromatic carbocycles. The summed E-state index contributed by atoms with van der Waals surface area (Å²) in [5.41, 5.74) is 1.16. The van der Waals surface area contributed by atoms with Gasteiger partial charge in [0.25, 0.3) is 0 Å². The van der Waals surface area contributed by atoms with Gasteiger partial charge in [-0.15, -0.1) is 10.2 Å². The molecule has 0 fully saturated rings. The first kappa shape index (κ1) is 21.5. The third-order valence-corrected chi connectivity index (χ3v) is 6.05. The van der Waals surface area contributed by atoms with E-state index in [0.717, 1.165) is 28.8 Å². The number of benzene rings is 2. The van der Waals surface area contributed by atoms with Crippen LogP contribution < -0.4 is 0 Å². The van der Waals surface area contributed by atoms with Gasteiger partial charge >= 0.3 is 0 Å². The van der Waals surface area contributed by atoms with E-state index in [1.165, 1.54) is 30.0 Å². The molecular weight excluding hydrogens is 350 g/mol. The molecule has 0 saturated carbocycles. The predicted octanol–water partition coefficient (Wildman–Crippen LogP) is 7.06. The van der Waals surface area contributed by atoms with E-state index in [0.29, 0.717) is 5.92 Å². The van der Waals surface area contributed by atoms with Crippen LogP contribution in [0, 0.1) is 5.92 Å². The van der Waals surface area contributed by atoms with Crippen molar-refractivity contribution in [2.45, 2.75) is 65.6 Å². The van der Waals surface area contributed by atoms with Gasteiger partial charge in [0, 0.05) is 17.9 Å². The summed E-state index contributed by atoms with van der Waals surface area (Å²) in [6.45, 7) is 11.9. The Hall–Kier alpha value is -1.81. The van der Waals surface area contributed by atoms with Crippen LogP contribution in [-0.4, -0.2) is 20.5 Å². The highest BCUT2D eigenvalue weighted by Gasteiger charge is 2.15. The Labute approximate surface area is 168 Å². The summed E-state index contributed by atoms with van der Waals surface area (Å²) in [6.07, 6.45) is 3.84. The van der Waals surface area contributed by atoms with Gasteiger partial charge in [-0.3, -0.25) is 0 Å². The zero-order chi connectivity index (χ0) is 19.6. The van der Waals surface area contributed by atoms with Gasteiger partial charge in [-0.05, 0) is 23.6 Å². The molecule has 0 aliphatic carbocycles. The monoisotopic (exact) mass is 383 g/mol. The molecule has 3 aromatic rings. The summed E-state index contributed by atoms with van der Waals surface area (Å²) in [5, 5.41) is 12.5. The van der Waals surface area contributed by atoms with E-state index in [4.69, 9.17) is 0 Å². The predicted molar refractivity (Wildman–Crippen MR) is 119 cm³/mol. The average molecular weight is 384 g/mol. The molecule has 1 heterocycles. The Balaban J connectivity index is 0.000000596. The van der Waals surface area contributed by atoms with Gasteiger partial charge in [0.1, 0.15) is 0 Å². The summed E-state index contributed by atoms with van der Waals surface area (Å²) in [5.74, 6) is 2.75. The lowest BCUT2D eigenvalue weighted by Gasteiger charge is -2.11. The topological polar surface area (TPSA) is 30.7 Å². The maximum absolute atomic E-state index is 4.50. The largest absolute Gasteiger partial charge is 0.302 e. The number of fused-ring (bicyclic) bond motifs is 1. The lowest BCUT2D eigenvalue weighted by Crippen LogP contribution is -2.02. The molecule has 4 heteroatoms. The Kier molecular flexibility index (Phi) is 8.86. The highest BCUT2D eigenvalue weighted by molar-refractivity contribution is 7.99. The molecule has 0 aliphatic heterocycles. The van der Waals surface area contributed by atoms with Crippen molar-refractivity contribution in [1.29, 1.82) is 0 Å². The second-order valence-corrected chi connectivity index (χ2v) is 7.89. The minimum Gasteiger partial charge on any atom is -0.302 e. The normalized spacial score (nSPS) is 11.9. The number of nitrogens with zero attached hydrogens (tertiary/aromatic N) is 3. The molecule has 0 N–H and O–H groups in total. The van der Waals surface area contributed by atoms with Crippen LogP contribution in [0.15, 0.2) is 47.6 Å². The Bertz CT molecular complexity index is 818. The van der Waals surface area contributed by atoms with Crippen LogP contribution in [0.5, 0.6) is 0 Å². The van der Waals surface area contributed by atoms with Crippen LogP contribution in [0.1, 0.15) is 53.9 Å². The van der Waals surface area contributed by atoms with Gasteiger partial charge in [-0.1, -0.05) is 101 Å². The Morgan fingerprint density at radius 2 is 1.63 bits per heavy atom. The molecule has 3 nitrogen and oxygen atoms in total. The first-order chi connectivity index (χ1) is 13.2. The van der Waals surface area contributed by atoms with Gasteiger partial charge in [-0.25, -0.2) is 0 Å². The quantitative estimate of drug-likeness (QED) is 0.409. The van der Waals surface area contributed by atoms with Gasteiger partial charge in [0.15, 0.2) is 11.0 Å². The van der Waals surface area contributed by atoms with Gasteiger partial charge in [0.05, 0.1) is 0 Å². The van der Waals surface area contributed by atoms with E-state index in [-0.39, 0.29) is 0 Å². The van der Waals surface area contributed by atoms with Crippen molar-refractivity contribution in [2.75, 3.05) is 5.75 Å². The molecule has 0 saturated heterocycles. The van der Waals surface area contributed by atoms with Crippen LogP contribution in [-0.2, 0) is 6.54 Å². The molecule has 0 amide bonds. The summed E-state index contributed by atoms with van der Waals surface area (Å²) in [4.78, 5) is 0. The zero-order valence-electron chi connectivity index (χ0n) is 17.4. The van der Waals surface area contributed by atoms with E-state index in [9.17, 15) is 0 Å². The van der Waals surface area contributed by atoms with Crippen LogP contribution in [0.25, 0.3) is 22.2 Å². The van der Waals surface area contributed by atoms with Crippen molar-refractivity contribution < 1.29 is 0 Å². The Morgan fingerprint density at radius 3 is 2.30 bits per heavy atom. The van der Waals surface area contributed by atoms with E-state index >= 15 is 0 Å². The van der Waals surface area contributed by atoms with Crippen LogP contribution >= 0.6 is 11.8 Å². The van der Waals surface area contributed by atoms with Crippen molar-refractivity contribution in [2.24, 2.45) is 5.92 Å². The summed E-state index contributed by atoms with van der Waals surface area (Å²) < 4.78 is 2.23. The Morgan fingerprint density at radius 1 is 0.926 bits per heavy atom. The fourth-order valence-electron chi connectivity index (χ4n) is 2.63. The second kappa shape index (κ2) is 11.1. The smallest absolute Gasteiger partial charge is 0.191 e. The minimum absolute atomic E-state index is 0.697. The first-order valence-corrected chi connectivity index (χ1v) is 11.2. The van der Waals surface area contributed by atoms with Crippen molar-refractivity contribution in [1.82, 2.24) is 14.8 Å². The SMILES string of the molecule is CCC(C)CSc1nnc(-c2cccc3ccccc23)n1CC.CCCC. The van der Waals surface area contributed by atoms with Crippen LogP contribution in [0.3, 0.4) is 0 Å². The van der Waals surface area contributed by atoms with E-state index < -0.39 is 0 Å². The second-order valence-electron chi connectivity index (χ2n) is 6.90. The van der Waals surface area contributed by atoms with Gasteiger partial charge in [-0.2, -0.15) is 0 Å². The molecular formula is C23H33N3S. The molecule has 3 rings (SSSR count). The van der Waals surface area contributed by atoms with Gasteiger partial charge in [0.2, 0.25) is 0 Å². The number of rotatable bonds is 7. The molecule has 0 spiro atoms. The lowest BCUT2D eigenvalue weighted by atomic mass is 10.0. The molecule has 0 aliphatic rings. The average Bonchev–Trinajstić information content (AvgIpc) is 3.14. The molecule has 1 unspecified atom stereocenters. The highest BCUT2D eigenvalue weighted by atomic mass is 32.2. The molecule has 1 atom stereocenters. The fraction of sp³-hybridized carbons (Fsp3) is 0.478. The van der Waals surface area contributed by atoms with E-state index in [1.54, 1.807) is 0 Å². The molecule has 0 radical (unpaired) electrons. The molecule has 27 heavy (non-hydrogen) atoms. The third kappa shape index (κ3) is 5.58. The third-order valence-electron chi connectivity index (χ3n) is 4.76. The summed E-state index contributed by atoms with van der Waals surface area (Å²) in [7, 11) is 0. The number of unbranched alkanes of at least 4 members (excludes halogenated alkanes) is 1. The van der Waals surface area contributed by atoms with Crippen molar-refractivity contribution in [3.63, 3.8) is 0 Å². The number of thioether (sulfide) groups is 1. The van der Waals surface area contributed by atoms with Crippen LogP contribution in [0.4, 0.5) is 0 Å². The standard InChI is InChI=1S/C19H23N3S.C4H10/c1-4-14(3)13-23-19-21-20-18(22(19)5-2)17-12-8-10-15-9-6-7-11-16(15)17;1-3-4-2/h6-12,14H,4-5,13H2,1-3H3;3-4H2,1-2H3. The highest BCUT2D eigenvalue weighted by Crippen LogP contribution is 2.30. The summed E-state index contributed by atoms with van der Waals surface area (Å²) in [6, 6.07) is 14.8. The minimum atomic E-state index is 0.697. The van der Waals surface area contributed by atoms with Crippen molar-refractivity contribution in [3.8, 4) is 11.4 Å². The summed E-state index contributed by atoms with van der Waals surface area (Å²) >= 11 is 1.81. The molecule has 146 valence electrons. The molecule has 1 aromatic heterocycles. The first-order valence-electron chi connectivity index (χ1n) is 10.2. The van der Waals surface area contributed by atoms with Gasteiger partial charge < -0.3 is 4.57 Å². The fourth-order valence-corrected chi connectivity index (χ4v) is 3.77. The van der Waals surface area contributed by atoms with E-state index in [2.05, 4.69) is 91.8 Å². The number of hydrogen-bond acceptors (Lipinski definition) is 3. The van der Waals surface area contributed by atoms with Crippen LogP contribution in [0.2, 0.25) is 0 Å². The zero-order valence-corrected chi connectivity index (χ0v) is 18.2. The van der Waals surface area contributed by atoms with Crippen molar-refractivity contribution in [3.05, 3.63) is 42.5 Å².